The molecule has 9 nitrogen and oxygen atoms in total. The van der Waals surface area contributed by atoms with E-state index in [2.05, 4.69) is 111 Å². The van der Waals surface area contributed by atoms with Crippen LogP contribution in [-0.4, -0.2) is 74.3 Å². The fourth-order valence-electron chi connectivity index (χ4n) is 10.6. The second-order valence-corrected chi connectivity index (χ2v) is 27.5. The summed E-state index contributed by atoms with van der Waals surface area (Å²) in [6, 6.07) is -0.859. The van der Waals surface area contributed by atoms with Crippen LogP contribution in [-0.2, 0) is 27.9 Å². The molecule has 0 radical (unpaired) electrons. The molecule has 10 heteroatoms. The van der Waals surface area contributed by atoms with Gasteiger partial charge < -0.3 is 19.4 Å². The van der Waals surface area contributed by atoms with E-state index in [1.54, 1.807) is 0 Å². The van der Waals surface area contributed by atoms with E-state index < -0.39 is 20.0 Å². The van der Waals surface area contributed by atoms with Crippen LogP contribution in [0.1, 0.15) is 335 Å². The van der Waals surface area contributed by atoms with Gasteiger partial charge in [0.25, 0.3) is 0 Å². The lowest BCUT2D eigenvalue weighted by Gasteiger charge is -2.27. The van der Waals surface area contributed by atoms with E-state index in [0.29, 0.717) is 17.4 Å². The predicted octanol–water partition coefficient (Wildman–Crippen LogP) is 23.8. The summed E-state index contributed by atoms with van der Waals surface area (Å²) in [5.74, 6) is -0.508. The number of ether oxygens (including phenoxy) is 1. The standard InChI is InChI=1S/C78H141N2O7P/c1-7-10-13-16-19-22-25-28-30-32-34-36-38-39-40-41-43-44-46-48-50-52-55-58-61-64-67-70-77(81)79-75(74-86-88(83,84)85-73-72-80(4,5)6)76(69-66-63-60-57-54-27-24-21-18-15-12-9-3)87-78(82)71-68-65-62-59-56-53-51-49-47-45-42-37-35-33-31-29-26-23-20-17-14-11-8-2/h10,13,19,22,28-31,34,36,39-40,43-44,66,69,75-76H,7-9,11-12,14-18,20-21,23-27,32-33,35,37-38,41-42,45-65,67-68,70-74H2,1-6H3,(H-,79,81,83,84)/p+1/b13-10-,22-19-,30-28-,31-29+,36-34-,40-39-,44-43-,69-66-. The molecule has 0 aliphatic carbocycles. The molecule has 510 valence electrons. The summed E-state index contributed by atoms with van der Waals surface area (Å²) in [6.07, 6.45) is 91.4. The molecule has 0 rings (SSSR count). The summed E-state index contributed by atoms with van der Waals surface area (Å²) in [5.41, 5.74) is 0. The minimum atomic E-state index is -4.46. The minimum Gasteiger partial charge on any atom is -0.456 e. The van der Waals surface area contributed by atoms with Crippen molar-refractivity contribution in [3.8, 4) is 0 Å². The normalized spacial score (nSPS) is 14.0. The van der Waals surface area contributed by atoms with Crippen molar-refractivity contribution >= 4 is 19.7 Å². The number of rotatable bonds is 67. The van der Waals surface area contributed by atoms with Gasteiger partial charge in [0.1, 0.15) is 19.3 Å². The van der Waals surface area contributed by atoms with E-state index in [0.717, 1.165) is 109 Å². The van der Waals surface area contributed by atoms with Crippen molar-refractivity contribution in [2.24, 2.45) is 0 Å². The highest BCUT2D eigenvalue weighted by Gasteiger charge is 2.30. The highest BCUT2D eigenvalue weighted by Crippen LogP contribution is 2.43. The molecule has 0 bridgehead atoms. The Bertz CT molecular complexity index is 1830. The maximum absolute atomic E-state index is 13.6. The first-order valence-electron chi connectivity index (χ1n) is 37.1. The van der Waals surface area contributed by atoms with E-state index in [1.807, 2.05) is 33.3 Å². The molecular weight excluding hydrogens is 1110 g/mol. The van der Waals surface area contributed by atoms with Gasteiger partial charge in [-0.15, -0.1) is 0 Å². The maximum Gasteiger partial charge on any atom is 0.472 e. The predicted molar refractivity (Wildman–Crippen MR) is 383 cm³/mol. The lowest BCUT2D eigenvalue weighted by atomic mass is 10.0. The number of nitrogens with one attached hydrogen (secondary N) is 1. The smallest absolute Gasteiger partial charge is 0.456 e. The van der Waals surface area contributed by atoms with Gasteiger partial charge in [0.15, 0.2) is 0 Å². The van der Waals surface area contributed by atoms with Crippen LogP contribution in [0.4, 0.5) is 0 Å². The number of likely N-dealkylation sites (N-methyl/N-ethyl adjacent to an activating group) is 1. The number of hydrogen-bond acceptors (Lipinski definition) is 6. The highest BCUT2D eigenvalue weighted by atomic mass is 31.2. The Morgan fingerprint density at radius 1 is 0.409 bits per heavy atom. The minimum absolute atomic E-state index is 0.0355. The Balaban J connectivity index is 5.04. The van der Waals surface area contributed by atoms with Gasteiger partial charge in [0.05, 0.1) is 33.8 Å². The monoisotopic (exact) mass is 1250 g/mol. The number of amides is 1. The van der Waals surface area contributed by atoms with E-state index in [1.165, 1.54) is 193 Å². The van der Waals surface area contributed by atoms with Crippen LogP contribution in [0.3, 0.4) is 0 Å². The molecule has 1 amide bonds. The summed E-state index contributed by atoms with van der Waals surface area (Å²) in [4.78, 5) is 38.0. The molecule has 0 saturated carbocycles. The van der Waals surface area contributed by atoms with Crippen molar-refractivity contribution in [2.45, 2.75) is 348 Å². The Labute approximate surface area is 545 Å². The van der Waals surface area contributed by atoms with Crippen LogP contribution in [0.25, 0.3) is 0 Å². The lowest BCUT2D eigenvalue weighted by Crippen LogP contribution is -2.47. The summed E-state index contributed by atoms with van der Waals surface area (Å²) in [6.45, 7) is 6.92. The fourth-order valence-corrected chi connectivity index (χ4v) is 11.3. The number of carbonyl (C=O) groups is 2. The van der Waals surface area contributed by atoms with Crippen LogP contribution < -0.4 is 5.32 Å². The molecule has 0 aromatic heterocycles. The Morgan fingerprint density at radius 2 is 0.727 bits per heavy atom. The molecule has 3 unspecified atom stereocenters. The summed E-state index contributed by atoms with van der Waals surface area (Å²) in [7, 11) is 1.49. The maximum atomic E-state index is 13.6. The molecule has 0 saturated heterocycles. The van der Waals surface area contributed by atoms with Gasteiger partial charge in [0.2, 0.25) is 5.91 Å². The molecule has 0 fully saturated rings. The van der Waals surface area contributed by atoms with Crippen molar-refractivity contribution in [1.82, 2.24) is 5.32 Å². The summed E-state index contributed by atoms with van der Waals surface area (Å²) in [5, 5.41) is 3.07. The van der Waals surface area contributed by atoms with Crippen molar-refractivity contribution in [3.63, 3.8) is 0 Å². The largest absolute Gasteiger partial charge is 0.472 e. The zero-order valence-corrected chi connectivity index (χ0v) is 59.3. The molecule has 0 aliphatic rings. The highest BCUT2D eigenvalue weighted by molar-refractivity contribution is 7.47. The summed E-state index contributed by atoms with van der Waals surface area (Å²) < 4.78 is 30.9. The number of allylic oxidation sites excluding steroid dienone is 15. The second-order valence-electron chi connectivity index (χ2n) is 26.1. The molecule has 0 spiro atoms. The fraction of sp³-hybridized carbons (Fsp3) is 0.769. The van der Waals surface area contributed by atoms with Gasteiger partial charge in [-0.25, -0.2) is 4.57 Å². The molecular formula is C78H142N2O7P+. The van der Waals surface area contributed by atoms with Gasteiger partial charge in [-0.3, -0.25) is 18.6 Å². The molecule has 0 aliphatic heterocycles. The van der Waals surface area contributed by atoms with Crippen LogP contribution in [0.15, 0.2) is 97.2 Å². The zero-order chi connectivity index (χ0) is 64.2. The van der Waals surface area contributed by atoms with Crippen LogP contribution in [0.5, 0.6) is 0 Å². The third-order valence-electron chi connectivity index (χ3n) is 16.3. The average molecular weight is 1250 g/mol. The van der Waals surface area contributed by atoms with E-state index in [-0.39, 0.29) is 31.5 Å². The van der Waals surface area contributed by atoms with Crippen molar-refractivity contribution in [2.75, 3.05) is 40.9 Å². The van der Waals surface area contributed by atoms with Crippen LogP contribution >= 0.6 is 7.82 Å². The Kier molecular flexibility index (Phi) is 64.5. The Morgan fingerprint density at radius 3 is 1.10 bits per heavy atom. The first-order valence-corrected chi connectivity index (χ1v) is 38.6. The first-order chi connectivity index (χ1) is 42.9. The van der Waals surface area contributed by atoms with Crippen molar-refractivity contribution in [1.29, 1.82) is 0 Å². The molecule has 88 heavy (non-hydrogen) atoms. The number of phosphoric acid groups is 1. The number of phosphoric ester groups is 1. The van der Waals surface area contributed by atoms with E-state index >= 15 is 0 Å². The zero-order valence-electron chi connectivity index (χ0n) is 58.5. The number of unbranched alkanes of at least 4 members (excludes halogenated alkanes) is 37. The van der Waals surface area contributed by atoms with E-state index in [4.69, 9.17) is 13.8 Å². The molecule has 2 N–H and O–H groups in total. The van der Waals surface area contributed by atoms with Crippen LogP contribution in [0, 0.1) is 0 Å². The molecule has 0 heterocycles. The first kappa shape index (κ1) is 84.9. The quantitative estimate of drug-likeness (QED) is 0.0205. The van der Waals surface area contributed by atoms with Crippen molar-refractivity contribution in [3.05, 3.63) is 97.2 Å². The summed E-state index contributed by atoms with van der Waals surface area (Å²) >= 11 is 0. The van der Waals surface area contributed by atoms with Gasteiger partial charge in [-0.2, -0.15) is 0 Å². The lowest BCUT2D eigenvalue weighted by molar-refractivity contribution is -0.870. The van der Waals surface area contributed by atoms with Gasteiger partial charge >= 0.3 is 13.8 Å². The second kappa shape index (κ2) is 66.8. The average Bonchev–Trinajstić information content (AvgIpc) is 3.66. The van der Waals surface area contributed by atoms with Gasteiger partial charge in [-0.05, 0) is 109 Å². The number of carbonyl (C=O) groups excluding carboxylic acids is 2. The third kappa shape index (κ3) is 67.3. The SMILES string of the molecule is CC/C=C\C/C=C\C/C=C\C/C=C\C/C=C\C/C=C\CCCCCCCCCCC(=O)NC(COP(=O)(O)OCC[N+](C)(C)C)C(/C=C\CCCCCCCCCCCC)OC(=O)CCCCCCCCCCCCCCC/C=C/CCCCCCCC. The van der Waals surface area contributed by atoms with Gasteiger partial charge in [0, 0.05) is 12.8 Å². The van der Waals surface area contributed by atoms with Crippen LogP contribution in [0.2, 0.25) is 0 Å². The molecule has 3 atom stereocenters. The Hall–Kier alpha value is -3.07. The number of nitrogens with zero attached hydrogens (tertiary/aromatic N) is 1. The third-order valence-corrected chi connectivity index (χ3v) is 17.2. The molecule has 0 aromatic rings. The van der Waals surface area contributed by atoms with E-state index in [9.17, 15) is 19.0 Å². The topological polar surface area (TPSA) is 111 Å². The number of hydrogen-bond donors (Lipinski definition) is 2. The molecule has 0 aromatic carbocycles. The number of esters is 1. The van der Waals surface area contributed by atoms with Crippen molar-refractivity contribution < 1.29 is 37.3 Å². The van der Waals surface area contributed by atoms with Gasteiger partial charge in [-0.1, -0.05) is 311 Å². The number of quaternary nitrogens is 1.